The van der Waals surface area contributed by atoms with Crippen molar-refractivity contribution >= 4 is 5.91 Å². The van der Waals surface area contributed by atoms with Crippen molar-refractivity contribution in [3.63, 3.8) is 0 Å². The molecule has 2 aliphatic rings. The molecule has 0 aromatic heterocycles. The van der Waals surface area contributed by atoms with Gasteiger partial charge >= 0.3 is 0 Å². The Morgan fingerprint density at radius 1 is 0.387 bits per heavy atom. The van der Waals surface area contributed by atoms with Crippen LogP contribution in [0.3, 0.4) is 0 Å². The highest BCUT2D eigenvalue weighted by Crippen LogP contribution is 2.30. The number of allylic oxidation sites excluding steroid dienone is 4. The summed E-state index contributed by atoms with van der Waals surface area (Å²) >= 11 is 0. The molecule has 0 radical (unpaired) electrons. The number of nitrogens with one attached hydrogen (secondary N) is 1. The Hall–Kier alpha value is -1.53. The molecule has 0 saturated carbocycles. The summed E-state index contributed by atoms with van der Waals surface area (Å²) in [6.07, 6.45) is 65.2. The number of hydrogen-bond acceptors (Lipinski definition) is 13. The summed E-state index contributed by atoms with van der Waals surface area (Å²) in [7, 11) is 0. The lowest BCUT2D eigenvalue weighted by molar-refractivity contribution is -0.359. The van der Waals surface area contributed by atoms with Crippen LogP contribution in [0.4, 0.5) is 0 Å². The fourth-order valence-corrected chi connectivity index (χ4v) is 13.6. The molecule has 0 aliphatic carbocycles. The van der Waals surface area contributed by atoms with E-state index in [1.165, 1.54) is 295 Å². The molecule has 2 fully saturated rings. The Labute approximate surface area is 570 Å². The van der Waals surface area contributed by atoms with Gasteiger partial charge in [-0.2, -0.15) is 0 Å². The van der Waals surface area contributed by atoms with E-state index in [4.69, 9.17) is 18.9 Å². The Morgan fingerprint density at radius 2 is 0.710 bits per heavy atom. The number of aliphatic hydroxyl groups is 8. The van der Waals surface area contributed by atoms with Crippen LogP contribution in [-0.2, 0) is 23.7 Å². The van der Waals surface area contributed by atoms with Gasteiger partial charge in [0.25, 0.3) is 0 Å². The first-order valence-corrected chi connectivity index (χ1v) is 40.1. The van der Waals surface area contributed by atoms with E-state index in [0.717, 1.165) is 57.8 Å². The number of rotatable bonds is 68. The standard InChI is InChI=1S/C79H151NO13/c1-3-5-7-9-11-13-15-17-19-21-23-24-25-26-27-28-29-30-31-32-33-34-35-36-37-38-39-40-41-42-43-44-45-47-49-51-53-55-57-59-61-63-71(84)80-67(68(83)62-60-58-56-54-52-50-48-46-22-20-18-16-14-12-10-8-6-4-2)66-90-78-76(89)74(87)77(70(65-82)92-78)93-79-75(88)73(86)72(85)69(64-81)91-79/h15,17,21,23,67-70,72-79,81-83,85-89H,3-14,16,18-20,22,24-66H2,1-2H3,(H,80,84)/b17-15-,23-21-. The lowest BCUT2D eigenvalue weighted by Gasteiger charge is -2.46. The molecular weight excluding hydrogens is 1170 g/mol. The molecule has 2 saturated heterocycles. The van der Waals surface area contributed by atoms with Crippen LogP contribution in [0.5, 0.6) is 0 Å². The van der Waals surface area contributed by atoms with Gasteiger partial charge in [-0.05, 0) is 44.9 Å². The third-order valence-electron chi connectivity index (χ3n) is 19.9. The third kappa shape index (κ3) is 47.2. The number of amides is 1. The van der Waals surface area contributed by atoms with Crippen molar-refractivity contribution in [2.45, 2.75) is 453 Å². The predicted octanol–water partition coefficient (Wildman–Crippen LogP) is 17.9. The van der Waals surface area contributed by atoms with Gasteiger partial charge in [0.2, 0.25) is 5.91 Å². The van der Waals surface area contributed by atoms with Gasteiger partial charge < -0.3 is 65.1 Å². The average Bonchev–Trinajstić information content (AvgIpc) is 0.958. The predicted molar refractivity (Wildman–Crippen MR) is 383 cm³/mol. The van der Waals surface area contributed by atoms with Gasteiger partial charge in [0.1, 0.15) is 48.8 Å². The summed E-state index contributed by atoms with van der Waals surface area (Å²) in [5.41, 5.74) is 0. The number of ether oxygens (including phenoxy) is 4. The average molecular weight is 1320 g/mol. The number of hydrogen-bond donors (Lipinski definition) is 9. The van der Waals surface area contributed by atoms with Crippen molar-refractivity contribution < 1.29 is 64.6 Å². The summed E-state index contributed by atoms with van der Waals surface area (Å²) in [6.45, 7) is 2.91. The van der Waals surface area contributed by atoms with Gasteiger partial charge in [0.15, 0.2) is 12.6 Å². The highest BCUT2D eigenvalue weighted by atomic mass is 16.7. The van der Waals surface area contributed by atoms with Gasteiger partial charge in [-0.1, -0.05) is 353 Å². The normalized spacial score (nSPS) is 22.6. The Balaban J connectivity index is 1.53. The van der Waals surface area contributed by atoms with Crippen molar-refractivity contribution in [3.8, 4) is 0 Å². The van der Waals surface area contributed by atoms with Crippen LogP contribution >= 0.6 is 0 Å². The summed E-state index contributed by atoms with van der Waals surface area (Å²) in [4.78, 5) is 13.4. The van der Waals surface area contributed by atoms with Gasteiger partial charge in [0, 0.05) is 6.42 Å². The molecule has 0 aromatic carbocycles. The van der Waals surface area contributed by atoms with Gasteiger partial charge in [-0.3, -0.25) is 4.79 Å². The smallest absolute Gasteiger partial charge is 0.220 e. The van der Waals surface area contributed by atoms with Crippen molar-refractivity contribution in [2.75, 3.05) is 19.8 Å². The molecule has 93 heavy (non-hydrogen) atoms. The van der Waals surface area contributed by atoms with E-state index < -0.39 is 86.8 Å². The highest BCUT2D eigenvalue weighted by Gasteiger charge is 2.51. The summed E-state index contributed by atoms with van der Waals surface area (Å²) < 4.78 is 23.0. The van der Waals surface area contributed by atoms with E-state index in [1.807, 2.05) is 0 Å². The molecule has 2 aliphatic heterocycles. The van der Waals surface area contributed by atoms with Gasteiger partial charge in [-0.25, -0.2) is 0 Å². The highest BCUT2D eigenvalue weighted by molar-refractivity contribution is 5.76. The number of carbonyl (C=O) groups is 1. The molecule has 12 atom stereocenters. The summed E-state index contributed by atoms with van der Waals surface area (Å²) in [5.74, 6) is -0.197. The molecule has 550 valence electrons. The molecule has 14 nitrogen and oxygen atoms in total. The molecular formula is C79H151NO13. The van der Waals surface area contributed by atoms with Crippen LogP contribution in [-0.4, -0.2) is 140 Å². The minimum Gasteiger partial charge on any atom is -0.394 e. The summed E-state index contributed by atoms with van der Waals surface area (Å²) in [5, 5.41) is 87.7. The maximum absolute atomic E-state index is 13.4. The van der Waals surface area contributed by atoms with Crippen molar-refractivity contribution in [2.24, 2.45) is 0 Å². The lowest BCUT2D eigenvalue weighted by Crippen LogP contribution is -2.65. The maximum atomic E-state index is 13.4. The zero-order chi connectivity index (χ0) is 67.3. The fourth-order valence-electron chi connectivity index (χ4n) is 13.6. The molecule has 2 heterocycles. The molecule has 0 spiro atoms. The lowest BCUT2D eigenvalue weighted by atomic mass is 9.97. The van der Waals surface area contributed by atoms with Crippen LogP contribution in [0.25, 0.3) is 0 Å². The molecule has 14 heteroatoms. The Kier molecular flexibility index (Phi) is 60.1. The monoisotopic (exact) mass is 1320 g/mol. The minimum atomic E-state index is -1.78. The molecule has 9 N–H and O–H groups in total. The van der Waals surface area contributed by atoms with Gasteiger partial charge in [0.05, 0.1) is 32.0 Å². The summed E-state index contributed by atoms with van der Waals surface area (Å²) in [6, 6.07) is -0.826. The quantitative estimate of drug-likeness (QED) is 0.0204. The van der Waals surface area contributed by atoms with E-state index in [0.29, 0.717) is 12.8 Å². The molecule has 12 unspecified atom stereocenters. The van der Waals surface area contributed by atoms with Crippen LogP contribution in [0.2, 0.25) is 0 Å². The molecule has 0 aromatic rings. The maximum Gasteiger partial charge on any atom is 0.220 e. The largest absolute Gasteiger partial charge is 0.394 e. The second-order valence-corrected chi connectivity index (χ2v) is 28.6. The van der Waals surface area contributed by atoms with E-state index >= 15 is 0 Å². The second kappa shape index (κ2) is 63.9. The van der Waals surface area contributed by atoms with Crippen LogP contribution < -0.4 is 5.32 Å². The van der Waals surface area contributed by atoms with E-state index in [9.17, 15) is 45.6 Å². The van der Waals surface area contributed by atoms with E-state index in [2.05, 4.69) is 43.5 Å². The molecule has 2 rings (SSSR count). The van der Waals surface area contributed by atoms with Crippen LogP contribution in [0, 0.1) is 0 Å². The van der Waals surface area contributed by atoms with E-state index in [1.54, 1.807) is 0 Å². The van der Waals surface area contributed by atoms with Crippen LogP contribution in [0.1, 0.15) is 380 Å². The SMILES string of the molecule is CCCCCCC/C=C\C/C=C\CCCCCCCCCCCCCCCCCCCCCCCCCCCCCCCC(=O)NC(COC1OC(CO)C(OC2OC(CO)C(O)C(O)C2O)C(O)C1O)C(O)CCCCCCCCCCCCCCCCCCCC. The first-order valence-electron chi connectivity index (χ1n) is 40.1. The van der Waals surface area contributed by atoms with Crippen LogP contribution in [0.15, 0.2) is 24.3 Å². The van der Waals surface area contributed by atoms with Crippen molar-refractivity contribution in [1.29, 1.82) is 0 Å². The minimum absolute atomic E-state index is 0.197. The Morgan fingerprint density at radius 3 is 1.08 bits per heavy atom. The van der Waals surface area contributed by atoms with Crippen molar-refractivity contribution in [3.05, 3.63) is 24.3 Å². The number of unbranched alkanes of at least 4 members (excludes halogenated alkanes) is 51. The Bertz CT molecular complexity index is 1650. The fraction of sp³-hybridized carbons (Fsp3) is 0.937. The number of aliphatic hydroxyl groups excluding tert-OH is 8. The zero-order valence-electron chi connectivity index (χ0n) is 60.3. The molecule has 0 bridgehead atoms. The first kappa shape index (κ1) is 87.6. The van der Waals surface area contributed by atoms with Crippen molar-refractivity contribution in [1.82, 2.24) is 5.32 Å². The second-order valence-electron chi connectivity index (χ2n) is 28.6. The molecule has 1 amide bonds. The topological polar surface area (TPSA) is 228 Å². The first-order chi connectivity index (χ1) is 45.6. The third-order valence-corrected chi connectivity index (χ3v) is 19.9. The van der Waals surface area contributed by atoms with Gasteiger partial charge in [-0.15, -0.1) is 0 Å². The number of carbonyl (C=O) groups excluding carboxylic acids is 1. The van der Waals surface area contributed by atoms with E-state index in [-0.39, 0.29) is 12.5 Å². The zero-order valence-corrected chi connectivity index (χ0v) is 60.3.